The Labute approximate surface area is 88.9 Å². The van der Waals surface area contributed by atoms with Crippen molar-refractivity contribution in [2.75, 3.05) is 13.2 Å². The van der Waals surface area contributed by atoms with Crippen LogP contribution in [0, 0.1) is 5.41 Å². The van der Waals surface area contributed by atoms with Crippen molar-refractivity contribution in [1.29, 1.82) is 0 Å². The van der Waals surface area contributed by atoms with Gasteiger partial charge in [-0.05, 0) is 12.8 Å². The molecule has 0 radical (unpaired) electrons. The van der Waals surface area contributed by atoms with Crippen LogP contribution < -0.4 is 0 Å². The maximum Gasteiger partial charge on any atom is 0.313 e. The first-order valence-electron chi connectivity index (χ1n) is 5.27. The van der Waals surface area contributed by atoms with Crippen LogP contribution in [0.25, 0.3) is 0 Å². The third-order valence-electron chi connectivity index (χ3n) is 3.53. The zero-order valence-electron chi connectivity index (χ0n) is 8.70. The first-order chi connectivity index (χ1) is 7.13. The van der Waals surface area contributed by atoms with Gasteiger partial charge < -0.3 is 14.6 Å². The number of ether oxygens (including phenoxy) is 2. The van der Waals surface area contributed by atoms with Gasteiger partial charge in [-0.2, -0.15) is 0 Å². The molecule has 0 unspecified atom stereocenters. The summed E-state index contributed by atoms with van der Waals surface area (Å²) in [6.07, 6.45) is 3.94. The van der Waals surface area contributed by atoms with Gasteiger partial charge in [-0.15, -0.1) is 6.58 Å². The SMILES string of the molecule is C=CC1(C(=O)O)CCC2(CC1)OCCO2. The van der Waals surface area contributed by atoms with Crippen molar-refractivity contribution in [3.63, 3.8) is 0 Å². The van der Waals surface area contributed by atoms with E-state index in [1.165, 1.54) is 0 Å². The highest BCUT2D eigenvalue weighted by molar-refractivity contribution is 5.77. The van der Waals surface area contributed by atoms with E-state index < -0.39 is 17.2 Å². The molecule has 84 valence electrons. The molecular weight excluding hydrogens is 196 g/mol. The maximum absolute atomic E-state index is 11.2. The van der Waals surface area contributed by atoms with Crippen LogP contribution in [0.2, 0.25) is 0 Å². The molecule has 15 heavy (non-hydrogen) atoms. The number of hydrogen-bond acceptors (Lipinski definition) is 3. The predicted molar refractivity (Wildman–Crippen MR) is 53.4 cm³/mol. The molecule has 2 aliphatic rings. The molecule has 2 fully saturated rings. The second-order valence-corrected chi connectivity index (χ2v) is 4.27. The zero-order valence-corrected chi connectivity index (χ0v) is 8.70. The summed E-state index contributed by atoms with van der Waals surface area (Å²) >= 11 is 0. The first kappa shape index (κ1) is 10.6. The Balaban J connectivity index is 2.07. The van der Waals surface area contributed by atoms with Crippen molar-refractivity contribution in [3.8, 4) is 0 Å². The molecule has 0 aromatic carbocycles. The lowest BCUT2D eigenvalue weighted by molar-refractivity contribution is -0.192. The molecule has 4 heteroatoms. The molecule has 1 saturated heterocycles. The minimum atomic E-state index is -0.787. The maximum atomic E-state index is 11.2. The first-order valence-corrected chi connectivity index (χ1v) is 5.27. The Kier molecular flexibility index (Phi) is 2.56. The van der Waals surface area contributed by atoms with E-state index >= 15 is 0 Å². The molecule has 1 N–H and O–H groups in total. The average Bonchev–Trinajstić information content (AvgIpc) is 2.68. The summed E-state index contributed by atoms with van der Waals surface area (Å²) in [6, 6.07) is 0. The predicted octanol–water partition coefficient (Wildman–Crippen LogP) is 1.56. The van der Waals surface area contributed by atoms with Gasteiger partial charge in [-0.1, -0.05) is 6.08 Å². The normalized spacial score (nSPS) is 27.7. The number of rotatable bonds is 2. The van der Waals surface area contributed by atoms with Gasteiger partial charge in [0.05, 0.1) is 18.6 Å². The van der Waals surface area contributed by atoms with Crippen LogP contribution in [-0.2, 0) is 14.3 Å². The molecule has 1 heterocycles. The highest BCUT2D eigenvalue weighted by atomic mass is 16.7. The van der Waals surface area contributed by atoms with Gasteiger partial charge in [-0.3, -0.25) is 4.79 Å². The van der Waals surface area contributed by atoms with E-state index in [-0.39, 0.29) is 0 Å². The van der Waals surface area contributed by atoms with E-state index in [9.17, 15) is 4.79 Å². The second-order valence-electron chi connectivity index (χ2n) is 4.27. The summed E-state index contributed by atoms with van der Waals surface area (Å²) in [6.45, 7) is 4.87. The van der Waals surface area contributed by atoms with Crippen molar-refractivity contribution in [3.05, 3.63) is 12.7 Å². The topological polar surface area (TPSA) is 55.8 Å². The van der Waals surface area contributed by atoms with Gasteiger partial charge in [0.25, 0.3) is 0 Å². The monoisotopic (exact) mass is 212 g/mol. The van der Waals surface area contributed by atoms with Crippen LogP contribution in [-0.4, -0.2) is 30.1 Å². The van der Waals surface area contributed by atoms with Gasteiger partial charge in [0.1, 0.15) is 0 Å². The van der Waals surface area contributed by atoms with E-state index in [1.54, 1.807) is 6.08 Å². The smallest absolute Gasteiger partial charge is 0.313 e. The molecule has 1 aliphatic carbocycles. The molecule has 1 spiro atoms. The largest absolute Gasteiger partial charge is 0.481 e. The number of aliphatic carboxylic acids is 1. The molecule has 1 aliphatic heterocycles. The molecule has 1 saturated carbocycles. The summed E-state index contributed by atoms with van der Waals surface area (Å²) in [4.78, 5) is 11.2. The van der Waals surface area contributed by atoms with Crippen LogP contribution in [0.4, 0.5) is 0 Å². The van der Waals surface area contributed by atoms with Crippen molar-refractivity contribution in [2.24, 2.45) is 5.41 Å². The molecule has 0 bridgehead atoms. The Morgan fingerprint density at radius 1 is 1.20 bits per heavy atom. The second kappa shape index (κ2) is 3.61. The fourth-order valence-corrected chi connectivity index (χ4v) is 2.37. The van der Waals surface area contributed by atoms with Crippen molar-refractivity contribution < 1.29 is 19.4 Å². The van der Waals surface area contributed by atoms with E-state index in [0.29, 0.717) is 38.9 Å². The van der Waals surface area contributed by atoms with Crippen molar-refractivity contribution in [1.82, 2.24) is 0 Å². The highest BCUT2D eigenvalue weighted by Crippen LogP contribution is 2.45. The fraction of sp³-hybridized carbons (Fsp3) is 0.727. The number of hydrogen-bond donors (Lipinski definition) is 1. The van der Waals surface area contributed by atoms with Gasteiger partial charge in [-0.25, -0.2) is 0 Å². The summed E-state index contributed by atoms with van der Waals surface area (Å²) in [5.41, 5.74) is -0.777. The van der Waals surface area contributed by atoms with Gasteiger partial charge in [0.2, 0.25) is 0 Å². The molecule has 0 atom stereocenters. The summed E-state index contributed by atoms with van der Waals surface area (Å²) in [7, 11) is 0. The standard InChI is InChI=1S/C11H16O4/c1-2-10(9(12)13)3-5-11(6-4-10)14-7-8-15-11/h2H,1,3-8H2,(H,12,13). The van der Waals surface area contributed by atoms with Crippen molar-refractivity contribution >= 4 is 5.97 Å². The lowest BCUT2D eigenvalue weighted by atomic mass is 9.72. The number of carbonyl (C=O) groups is 1. The van der Waals surface area contributed by atoms with Gasteiger partial charge >= 0.3 is 5.97 Å². The van der Waals surface area contributed by atoms with E-state index in [0.717, 1.165) is 0 Å². The number of carboxylic acid groups (broad SMARTS) is 1. The number of carboxylic acids is 1. The molecule has 0 aromatic rings. The van der Waals surface area contributed by atoms with Crippen LogP contribution in [0.5, 0.6) is 0 Å². The van der Waals surface area contributed by atoms with Crippen LogP contribution in [0.15, 0.2) is 12.7 Å². The van der Waals surface area contributed by atoms with Crippen LogP contribution >= 0.6 is 0 Å². The summed E-state index contributed by atoms with van der Waals surface area (Å²) in [5.74, 6) is -1.28. The molecule has 4 nitrogen and oxygen atoms in total. The lowest BCUT2D eigenvalue weighted by Crippen LogP contribution is -2.42. The van der Waals surface area contributed by atoms with Crippen molar-refractivity contribution in [2.45, 2.75) is 31.5 Å². The Morgan fingerprint density at radius 3 is 2.13 bits per heavy atom. The molecule has 0 amide bonds. The fourth-order valence-electron chi connectivity index (χ4n) is 2.37. The molecular formula is C11H16O4. The third-order valence-corrected chi connectivity index (χ3v) is 3.53. The minimum Gasteiger partial charge on any atom is -0.481 e. The Hall–Kier alpha value is -0.870. The molecule has 0 aromatic heterocycles. The highest BCUT2D eigenvalue weighted by Gasteiger charge is 2.48. The quantitative estimate of drug-likeness (QED) is 0.706. The summed E-state index contributed by atoms with van der Waals surface area (Å²) < 4.78 is 11.1. The zero-order chi connectivity index (χ0) is 10.9. The Morgan fingerprint density at radius 2 is 1.73 bits per heavy atom. The van der Waals surface area contributed by atoms with Crippen LogP contribution in [0.3, 0.4) is 0 Å². The van der Waals surface area contributed by atoms with Gasteiger partial charge in [0.15, 0.2) is 5.79 Å². The van der Waals surface area contributed by atoms with Gasteiger partial charge in [0, 0.05) is 12.8 Å². The third kappa shape index (κ3) is 1.68. The molecule has 2 rings (SSSR count). The minimum absolute atomic E-state index is 0.498. The van der Waals surface area contributed by atoms with E-state index in [1.807, 2.05) is 0 Å². The Bertz CT molecular complexity index is 268. The summed E-state index contributed by atoms with van der Waals surface area (Å²) in [5, 5.41) is 9.17. The average molecular weight is 212 g/mol. The van der Waals surface area contributed by atoms with E-state index in [2.05, 4.69) is 6.58 Å². The lowest BCUT2D eigenvalue weighted by Gasteiger charge is -2.39. The van der Waals surface area contributed by atoms with E-state index in [4.69, 9.17) is 14.6 Å². The van der Waals surface area contributed by atoms with Crippen LogP contribution in [0.1, 0.15) is 25.7 Å².